The zero-order valence-corrected chi connectivity index (χ0v) is 14.7. The summed E-state index contributed by atoms with van der Waals surface area (Å²) in [7, 11) is 0. The molecule has 1 N–H and O–H groups in total. The minimum atomic E-state index is 0.0994. The van der Waals surface area contributed by atoms with E-state index in [-0.39, 0.29) is 11.8 Å². The summed E-state index contributed by atoms with van der Waals surface area (Å²) in [5.74, 6) is 1.07. The zero-order valence-electron chi connectivity index (χ0n) is 13.9. The zero-order chi connectivity index (χ0) is 18.3. The van der Waals surface area contributed by atoms with Crippen LogP contribution in [-0.2, 0) is 0 Å². The van der Waals surface area contributed by atoms with Gasteiger partial charge in [0.25, 0.3) is 5.71 Å². The van der Waals surface area contributed by atoms with Crippen molar-refractivity contribution in [1.29, 1.82) is 0 Å². The summed E-state index contributed by atoms with van der Waals surface area (Å²) in [6.45, 7) is 3.64. The predicted molar refractivity (Wildman–Crippen MR) is 95.5 cm³/mol. The van der Waals surface area contributed by atoms with Gasteiger partial charge < -0.3 is 14.3 Å². The molecule has 0 atom stereocenters. The van der Waals surface area contributed by atoms with Gasteiger partial charge in [0, 0.05) is 17.8 Å². The van der Waals surface area contributed by atoms with Gasteiger partial charge in [-0.2, -0.15) is 4.98 Å². The number of rotatable bonds is 3. The number of phenols is 1. The van der Waals surface area contributed by atoms with E-state index in [0.29, 0.717) is 27.9 Å². The second kappa shape index (κ2) is 6.27. The molecular formula is C18H13ClN4O3. The molecule has 0 fully saturated rings. The van der Waals surface area contributed by atoms with Crippen LogP contribution in [0.4, 0.5) is 0 Å². The van der Waals surface area contributed by atoms with Crippen molar-refractivity contribution in [3.63, 3.8) is 0 Å². The Hall–Kier alpha value is -3.19. The molecule has 8 heteroatoms. The second-order valence-corrected chi connectivity index (χ2v) is 6.20. The van der Waals surface area contributed by atoms with Crippen molar-refractivity contribution < 1.29 is 14.3 Å². The molecule has 0 aliphatic heterocycles. The number of aromatic hydroxyl groups is 1. The summed E-state index contributed by atoms with van der Waals surface area (Å²) >= 11 is 5.88. The Kier molecular flexibility index (Phi) is 3.93. The lowest BCUT2D eigenvalue weighted by Gasteiger charge is -2.04. The number of nitrogens with zero attached hydrogens (tertiary/aromatic N) is 4. The van der Waals surface area contributed by atoms with Crippen LogP contribution in [0.2, 0.25) is 5.02 Å². The van der Waals surface area contributed by atoms with E-state index in [0.717, 1.165) is 16.7 Å². The summed E-state index contributed by atoms with van der Waals surface area (Å²) in [6, 6.07) is 5.31. The third kappa shape index (κ3) is 3.04. The van der Waals surface area contributed by atoms with Crippen LogP contribution in [0.15, 0.2) is 41.2 Å². The summed E-state index contributed by atoms with van der Waals surface area (Å²) in [5.41, 5.74) is 3.03. The minimum absolute atomic E-state index is 0.0994. The largest absolute Gasteiger partial charge is 0.507 e. The fraction of sp³-hybridized carbons (Fsp3) is 0.111. The monoisotopic (exact) mass is 368 g/mol. The highest BCUT2D eigenvalue weighted by molar-refractivity contribution is 6.30. The first-order valence-corrected chi connectivity index (χ1v) is 8.10. The Bertz CT molecular complexity index is 1100. The summed E-state index contributed by atoms with van der Waals surface area (Å²) in [4.78, 5) is 16.7. The number of hydrogen-bond acceptors (Lipinski definition) is 7. The van der Waals surface area contributed by atoms with Crippen LogP contribution in [0.5, 0.6) is 17.5 Å². The number of halogens is 1. The molecule has 26 heavy (non-hydrogen) atoms. The second-order valence-electron chi connectivity index (χ2n) is 5.76. The number of fused-ring (bicyclic) bond motifs is 1. The lowest BCUT2D eigenvalue weighted by Crippen LogP contribution is -1.91. The van der Waals surface area contributed by atoms with Gasteiger partial charge in [-0.3, -0.25) is 4.98 Å². The first-order valence-electron chi connectivity index (χ1n) is 7.72. The van der Waals surface area contributed by atoms with Crippen molar-refractivity contribution in [3.8, 4) is 29.0 Å². The van der Waals surface area contributed by atoms with E-state index in [1.54, 1.807) is 18.2 Å². The van der Waals surface area contributed by atoms with Crippen molar-refractivity contribution in [2.75, 3.05) is 0 Å². The summed E-state index contributed by atoms with van der Waals surface area (Å²) in [6.07, 6.45) is 4.53. The Morgan fingerprint density at radius 1 is 1.04 bits per heavy atom. The number of phenolic OH excluding ortho intramolecular Hbond substituents is 1. The number of oxazole rings is 1. The van der Waals surface area contributed by atoms with Crippen LogP contribution in [0, 0.1) is 13.8 Å². The van der Waals surface area contributed by atoms with E-state index in [1.165, 1.54) is 18.6 Å². The first-order chi connectivity index (χ1) is 12.5. The van der Waals surface area contributed by atoms with E-state index in [1.807, 2.05) is 13.8 Å². The van der Waals surface area contributed by atoms with Crippen LogP contribution in [-0.4, -0.2) is 25.0 Å². The SMILES string of the molecule is Cc1cc(-c2nc3cnc(Oc4cncc(Cl)c4)nc3o2)cc(C)c1O. The molecule has 0 bridgehead atoms. The molecule has 0 saturated heterocycles. The van der Waals surface area contributed by atoms with Gasteiger partial charge in [0.2, 0.25) is 5.89 Å². The van der Waals surface area contributed by atoms with Gasteiger partial charge in [-0.1, -0.05) is 11.6 Å². The van der Waals surface area contributed by atoms with E-state index >= 15 is 0 Å². The highest BCUT2D eigenvalue weighted by atomic mass is 35.5. The molecule has 7 nitrogen and oxygen atoms in total. The number of pyridine rings is 1. The van der Waals surface area contributed by atoms with Crippen LogP contribution in [0.3, 0.4) is 0 Å². The van der Waals surface area contributed by atoms with Gasteiger partial charge in [-0.15, -0.1) is 0 Å². The third-order valence-corrected chi connectivity index (χ3v) is 3.96. The van der Waals surface area contributed by atoms with Crippen molar-refractivity contribution in [1.82, 2.24) is 19.9 Å². The highest BCUT2D eigenvalue weighted by Crippen LogP contribution is 2.30. The molecule has 0 aliphatic rings. The number of hydrogen-bond donors (Lipinski definition) is 1. The first kappa shape index (κ1) is 16.3. The Labute approximate surface area is 153 Å². The van der Waals surface area contributed by atoms with Crippen molar-refractivity contribution in [2.24, 2.45) is 0 Å². The molecule has 0 spiro atoms. The average Bonchev–Trinajstić information content (AvgIpc) is 3.02. The quantitative estimate of drug-likeness (QED) is 0.570. The molecule has 4 rings (SSSR count). The van der Waals surface area contributed by atoms with Crippen LogP contribution in [0.25, 0.3) is 22.7 Å². The molecule has 0 radical (unpaired) electrons. The van der Waals surface area contributed by atoms with E-state index < -0.39 is 0 Å². The van der Waals surface area contributed by atoms with Crippen LogP contribution >= 0.6 is 11.6 Å². The van der Waals surface area contributed by atoms with Gasteiger partial charge in [0.05, 0.1) is 17.4 Å². The maximum Gasteiger partial charge on any atom is 0.325 e. The van der Waals surface area contributed by atoms with E-state index in [4.69, 9.17) is 20.8 Å². The fourth-order valence-electron chi connectivity index (χ4n) is 2.53. The lowest BCUT2D eigenvalue weighted by atomic mass is 10.1. The van der Waals surface area contributed by atoms with E-state index in [9.17, 15) is 5.11 Å². The smallest absolute Gasteiger partial charge is 0.325 e. The van der Waals surface area contributed by atoms with Crippen molar-refractivity contribution in [2.45, 2.75) is 13.8 Å². The Morgan fingerprint density at radius 2 is 1.81 bits per heavy atom. The summed E-state index contributed by atoms with van der Waals surface area (Å²) in [5, 5.41) is 10.4. The Balaban J connectivity index is 1.70. The Morgan fingerprint density at radius 3 is 2.54 bits per heavy atom. The third-order valence-electron chi connectivity index (χ3n) is 3.76. The van der Waals surface area contributed by atoms with Gasteiger partial charge in [-0.25, -0.2) is 9.97 Å². The normalized spacial score (nSPS) is 11.0. The minimum Gasteiger partial charge on any atom is -0.507 e. The topological polar surface area (TPSA) is 94.2 Å². The lowest BCUT2D eigenvalue weighted by molar-refractivity contribution is 0.438. The predicted octanol–water partition coefficient (Wildman–Crippen LogP) is 4.45. The van der Waals surface area contributed by atoms with Crippen LogP contribution < -0.4 is 4.74 Å². The number of aromatic nitrogens is 4. The molecule has 3 aromatic heterocycles. The van der Waals surface area contributed by atoms with Crippen molar-refractivity contribution >= 4 is 22.8 Å². The highest BCUT2D eigenvalue weighted by Gasteiger charge is 2.14. The number of benzene rings is 1. The van der Waals surface area contributed by atoms with E-state index in [2.05, 4.69) is 19.9 Å². The van der Waals surface area contributed by atoms with Gasteiger partial charge in [0.1, 0.15) is 11.3 Å². The molecule has 1 aromatic carbocycles. The molecule has 3 heterocycles. The maximum absolute atomic E-state index is 9.91. The number of ether oxygens (including phenoxy) is 1. The molecule has 0 aliphatic carbocycles. The fourth-order valence-corrected chi connectivity index (χ4v) is 2.69. The molecule has 130 valence electrons. The van der Waals surface area contributed by atoms with Gasteiger partial charge in [0.15, 0.2) is 5.75 Å². The molecular weight excluding hydrogens is 356 g/mol. The van der Waals surface area contributed by atoms with Crippen molar-refractivity contribution in [3.05, 3.63) is 52.9 Å². The van der Waals surface area contributed by atoms with Gasteiger partial charge in [-0.05, 0) is 37.1 Å². The average molecular weight is 369 g/mol. The standard InChI is InChI=1S/C18H13ClN4O3/c1-9-3-11(4-10(2)15(9)24)16-22-14-8-21-18(23-17(14)26-16)25-13-5-12(19)6-20-7-13/h3-8,24H,1-2H3. The van der Waals surface area contributed by atoms with Crippen LogP contribution in [0.1, 0.15) is 11.1 Å². The summed E-state index contributed by atoms with van der Waals surface area (Å²) < 4.78 is 11.3. The molecule has 0 unspecified atom stereocenters. The molecule has 0 saturated carbocycles. The molecule has 0 amide bonds. The number of aryl methyl sites for hydroxylation is 2. The maximum atomic E-state index is 9.91. The van der Waals surface area contributed by atoms with Gasteiger partial charge >= 0.3 is 6.01 Å². The molecule has 4 aromatic rings.